The maximum absolute atomic E-state index is 12.3. The van der Waals surface area contributed by atoms with Gasteiger partial charge in [-0.3, -0.25) is 19.5 Å². The molecule has 9 heteroatoms. The molecular formula is C19H19N2O6P. The van der Waals surface area contributed by atoms with E-state index in [1.54, 1.807) is 36.4 Å². The highest BCUT2D eigenvalue weighted by atomic mass is 31.2. The lowest BCUT2D eigenvalue weighted by Gasteiger charge is -2.16. The summed E-state index contributed by atoms with van der Waals surface area (Å²) in [4.78, 5) is 30.0. The van der Waals surface area contributed by atoms with Crippen molar-refractivity contribution in [2.75, 3.05) is 26.4 Å². The van der Waals surface area contributed by atoms with Crippen molar-refractivity contribution < 1.29 is 28.5 Å². The molecule has 1 unspecified atom stereocenters. The van der Waals surface area contributed by atoms with Gasteiger partial charge in [0.05, 0.1) is 42.8 Å². The predicted molar refractivity (Wildman–Crippen MR) is 99.9 cm³/mol. The van der Waals surface area contributed by atoms with Crippen molar-refractivity contribution in [2.24, 2.45) is 0 Å². The first-order chi connectivity index (χ1) is 13.6. The van der Waals surface area contributed by atoms with Crippen LogP contribution in [0.4, 0.5) is 0 Å². The first-order valence-corrected chi connectivity index (χ1v) is 10.2. The summed E-state index contributed by atoms with van der Waals surface area (Å²) >= 11 is 0. The molecule has 2 aromatic rings. The molecule has 1 saturated heterocycles. The molecule has 3 heterocycles. The van der Waals surface area contributed by atoms with E-state index in [1.165, 1.54) is 11.1 Å². The molecule has 1 aromatic heterocycles. The van der Waals surface area contributed by atoms with E-state index in [0.29, 0.717) is 48.8 Å². The van der Waals surface area contributed by atoms with Crippen LogP contribution in [0.1, 0.15) is 38.7 Å². The summed E-state index contributed by atoms with van der Waals surface area (Å²) in [6.07, 6.45) is 2.02. The van der Waals surface area contributed by atoms with Crippen molar-refractivity contribution >= 4 is 20.2 Å². The monoisotopic (exact) mass is 402 g/mol. The van der Waals surface area contributed by atoms with Crippen molar-refractivity contribution in [3.05, 3.63) is 59.4 Å². The molecule has 1 aromatic carbocycles. The smallest absolute Gasteiger partial charge is 0.261 e. The normalized spacial score (nSPS) is 17.8. The van der Waals surface area contributed by atoms with Gasteiger partial charge in [-0.1, -0.05) is 12.1 Å². The van der Waals surface area contributed by atoms with Crippen molar-refractivity contribution in [1.29, 1.82) is 0 Å². The van der Waals surface area contributed by atoms with Gasteiger partial charge in [0, 0.05) is 6.54 Å². The summed E-state index contributed by atoms with van der Waals surface area (Å²) in [5, 5.41) is 10.2. The van der Waals surface area contributed by atoms with Crippen LogP contribution >= 0.6 is 8.38 Å². The summed E-state index contributed by atoms with van der Waals surface area (Å²) in [5.41, 5.74) is 1.36. The Morgan fingerprint density at radius 2 is 1.79 bits per heavy atom. The zero-order chi connectivity index (χ0) is 19.5. The Labute approximate surface area is 163 Å². The van der Waals surface area contributed by atoms with Crippen molar-refractivity contribution in [1.82, 2.24) is 9.88 Å². The summed E-state index contributed by atoms with van der Waals surface area (Å²) in [5.74, 6) is -0.877. The van der Waals surface area contributed by atoms with E-state index in [2.05, 4.69) is 4.98 Å². The topological polar surface area (TPSA) is 98.2 Å². The molecule has 2 amide bonds. The van der Waals surface area contributed by atoms with Crippen molar-refractivity contribution in [3.63, 3.8) is 0 Å². The molecule has 0 bridgehead atoms. The van der Waals surface area contributed by atoms with Gasteiger partial charge in [0.25, 0.3) is 11.8 Å². The molecule has 2 aliphatic heterocycles. The van der Waals surface area contributed by atoms with Crippen LogP contribution in [0.25, 0.3) is 0 Å². The van der Waals surface area contributed by atoms with Gasteiger partial charge in [0.1, 0.15) is 5.75 Å². The summed E-state index contributed by atoms with van der Waals surface area (Å²) in [6.45, 7) is 1.58. The molecule has 4 rings (SSSR count). The number of nitrogens with zero attached hydrogens (tertiary/aromatic N) is 2. The number of ether oxygens (including phenoxy) is 1. The zero-order valence-corrected chi connectivity index (χ0v) is 15.9. The van der Waals surface area contributed by atoms with Gasteiger partial charge >= 0.3 is 0 Å². The second-order valence-corrected chi connectivity index (χ2v) is 7.83. The first kappa shape index (κ1) is 19.0. The Bertz CT molecular complexity index is 834. The third-order valence-electron chi connectivity index (χ3n) is 4.42. The number of hydrogen-bond acceptors (Lipinski definition) is 7. The number of benzene rings is 1. The number of hydrogen-bond donors (Lipinski definition) is 1. The summed E-state index contributed by atoms with van der Waals surface area (Å²) in [7, 11) is -1.36. The highest BCUT2D eigenvalue weighted by molar-refractivity contribution is 7.47. The van der Waals surface area contributed by atoms with Crippen molar-refractivity contribution in [3.8, 4) is 5.75 Å². The molecule has 2 aliphatic rings. The van der Waals surface area contributed by atoms with Crippen LogP contribution in [0.2, 0.25) is 0 Å². The van der Waals surface area contributed by atoms with Gasteiger partial charge in [0.2, 0.25) is 8.38 Å². The maximum Gasteiger partial charge on any atom is 0.261 e. The van der Waals surface area contributed by atoms with Gasteiger partial charge < -0.3 is 18.9 Å². The Hall–Kier alpha value is -2.38. The largest absolute Gasteiger partial charge is 0.492 e. The maximum atomic E-state index is 12.3. The Morgan fingerprint density at radius 1 is 1.11 bits per heavy atom. The molecule has 0 saturated carbocycles. The number of rotatable bonds is 7. The fourth-order valence-corrected chi connectivity index (χ4v) is 4.26. The van der Waals surface area contributed by atoms with Crippen molar-refractivity contribution in [2.45, 2.75) is 12.3 Å². The van der Waals surface area contributed by atoms with E-state index in [4.69, 9.17) is 13.8 Å². The molecule has 1 N–H and O–H groups in total. The van der Waals surface area contributed by atoms with Crippen LogP contribution < -0.4 is 4.74 Å². The van der Waals surface area contributed by atoms with Gasteiger partial charge in [-0.2, -0.15) is 0 Å². The van der Waals surface area contributed by atoms with Crippen LogP contribution in [-0.4, -0.2) is 53.2 Å². The van der Waals surface area contributed by atoms with E-state index in [-0.39, 0.29) is 18.4 Å². The third-order valence-corrected chi connectivity index (χ3v) is 5.95. The molecule has 146 valence electrons. The number of pyridine rings is 1. The number of aromatic nitrogens is 1. The van der Waals surface area contributed by atoms with Gasteiger partial charge in [-0.05, 0) is 30.7 Å². The number of carbonyl (C=O) groups excluding carboxylic acids is 2. The summed E-state index contributed by atoms with van der Waals surface area (Å²) < 4.78 is 16.3. The Kier molecular flexibility index (Phi) is 5.64. The van der Waals surface area contributed by atoms with Gasteiger partial charge in [-0.25, -0.2) is 0 Å². The minimum atomic E-state index is -1.36. The first-order valence-electron chi connectivity index (χ1n) is 8.92. The lowest BCUT2D eigenvalue weighted by molar-refractivity contribution is 0.0646. The highest BCUT2D eigenvalue weighted by Crippen LogP contribution is 2.53. The fourth-order valence-electron chi connectivity index (χ4n) is 3.03. The number of imide groups is 1. The minimum absolute atomic E-state index is 0.265. The zero-order valence-electron chi connectivity index (χ0n) is 15.0. The molecule has 1 fully saturated rings. The standard InChI is InChI=1S/C19H19N2O6P/c22-17-14-4-1-2-5-15(14)18(23)21(17)8-3-9-25-13-6-7-16(20-12-13)19(24)28-26-10-11-27-28/h1-2,4-7,12,19,24H,3,8-11H2. The predicted octanol–water partition coefficient (Wildman–Crippen LogP) is 2.50. The second-order valence-electron chi connectivity index (χ2n) is 6.25. The average Bonchev–Trinajstić information content (AvgIpc) is 3.35. The highest BCUT2D eigenvalue weighted by Gasteiger charge is 2.34. The fraction of sp³-hybridized carbons (Fsp3) is 0.316. The van der Waals surface area contributed by atoms with E-state index in [9.17, 15) is 14.7 Å². The lowest BCUT2D eigenvalue weighted by Crippen LogP contribution is -2.31. The van der Waals surface area contributed by atoms with Crippen LogP contribution in [0, 0.1) is 0 Å². The van der Waals surface area contributed by atoms with E-state index < -0.39 is 14.2 Å². The molecule has 28 heavy (non-hydrogen) atoms. The van der Waals surface area contributed by atoms with E-state index in [1.807, 2.05) is 0 Å². The summed E-state index contributed by atoms with van der Waals surface area (Å²) in [6, 6.07) is 10.2. The van der Waals surface area contributed by atoms with Crippen LogP contribution in [-0.2, 0) is 9.05 Å². The van der Waals surface area contributed by atoms with Crippen LogP contribution in [0.3, 0.4) is 0 Å². The number of fused-ring (bicyclic) bond motifs is 1. The van der Waals surface area contributed by atoms with Crippen LogP contribution in [0.15, 0.2) is 42.6 Å². The molecule has 0 radical (unpaired) electrons. The second kappa shape index (κ2) is 8.32. The Morgan fingerprint density at radius 3 is 2.39 bits per heavy atom. The number of amides is 2. The van der Waals surface area contributed by atoms with Crippen LogP contribution in [0.5, 0.6) is 5.75 Å². The van der Waals surface area contributed by atoms with E-state index >= 15 is 0 Å². The molecule has 1 atom stereocenters. The van der Waals surface area contributed by atoms with Gasteiger partial charge in [-0.15, -0.1) is 0 Å². The van der Waals surface area contributed by atoms with Gasteiger partial charge in [0.15, 0.2) is 5.85 Å². The quantitative estimate of drug-likeness (QED) is 0.432. The SMILES string of the molecule is O=C1c2ccccc2C(=O)N1CCCOc1ccc(C(O)P2OCCO2)nc1. The number of aliphatic hydroxyl groups is 1. The average molecular weight is 402 g/mol. The Balaban J connectivity index is 1.26. The van der Waals surface area contributed by atoms with E-state index in [0.717, 1.165) is 0 Å². The molecule has 0 aliphatic carbocycles. The third kappa shape index (κ3) is 3.77. The molecule has 8 nitrogen and oxygen atoms in total. The molecular weight excluding hydrogens is 383 g/mol. The lowest BCUT2D eigenvalue weighted by atomic mass is 10.1. The number of carbonyl (C=O) groups is 2. The minimum Gasteiger partial charge on any atom is -0.492 e. The molecule has 0 spiro atoms. The number of aliphatic hydroxyl groups excluding tert-OH is 1.